The third kappa shape index (κ3) is 4.32. The van der Waals surface area contributed by atoms with E-state index in [1.807, 2.05) is 30.3 Å². The summed E-state index contributed by atoms with van der Waals surface area (Å²) in [4.78, 5) is 24.3. The van der Waals surface area contributed by atoms with Crippen LogP contribution in [0.2, 0.25) is 0 Å². The fourth-order valence-electron chi connectivity index (χ4n) is 2.74. The number of nitro benzene ring substituents is 1. The Morgan fingerprint density at radius 2 is 1.93 bits per heavy atom. The fourth-order valence-corrected chi connectivity index (χ4v) is 2.74. The molecule has 0 aliphatic rings. The van der Waals surface area contributed by atoms with Gasteiger partial charge in [-0.2, -0.15) is 5.10 Å². The monoisotopic (exact) mass is 392 g/mol. The molecule has 3 rings (SSSR count). The number of carbonyl (C=O) groups is 1. The number of aromatic nitrogens is 2. The van der Waals surface area contributed by atoms with E-state index in [0.29, 0.717) is 16.8 Å². The van der Waals surface area contributed by atoms with Crippen molar-refractivity contribution in [1.29, 1.82) is 0 Å². The van der Waals surface area contributed by atoms with Gasteiger partial charge in [0.1, 0.15) is 5.69 Å². The van der Waals surface area contributed by atoms with Gasteiger partial charge in [-0.25, -0.2) is 4.68 Å². The standard InChI is InChI=1S/C21H20N4O4/c1-23(2)20(26)12-10-16-14-24(17-7-5-4-6-8-17)22-21(16)15-9-11-19(29-3)18(13-15)25(27)28/h4-14H,1-3H3. The number of likely N-dealkylation sites (N-methyl/N-ethyl adjacent to an activating group) is 1. The maximum Gasteiger partial charge on any atom is 0.311 e. The summed E-state index contributed by atoms with van der Waals surface area (Å²) >= 11 is 0. The average molecular weight is 392 g/mol. The number of ether oxygens (including phenoxy) is 1. The molecule has 0 saturated heterocycles. The van der Waals surface area contributed by atoms with Crippen molar-refractivity contribution in [1.82, 2.24) is 14.7 Å². The molecule has 0 spiro atoms. The molecule has 1 heterocycles. The molecule has 8 heteroatoms. The van der Waals surface area contributed by atoms with E-state index in [2.05, 4.69) is 5.10 Å². The van der Waals surface area contributed by atoms with Gasteiger partial charge >= 0.3 is 5.69 Å². The van der Waals surface area contributed by atoms with Gasteiger partial charge in [0.25, 0.3) is 0 Å². The second-order valence-electron chi connectivity index (χ2n) is 6.42. The molecular weight excluding hydrogens is 372 g/mol. The number of para-hydroxylation sites is 1. The molecule has 0 N–H and O–H groups in total. The first-order valence-corrected chi connectivity index (χ1v) is 8.78. The maximum atomic E-state index is 12.0. The molecule has 2 aromatic carbocycles. The van der Waals surface area contributed by atoms with E-state index in [-0.39, 0.29) is 17.3 Å². The van der Waals surface area contributed by atoms with Crippen LogP contribution in [0.1, 0.15) is 5.56 Å². The normalized spacial score (nSPS) is 10.9. The predicted molar refractivity (Wildman–Crippen MR) is 110 cm³/mol. The first-order valence-electron chi connectivity index (χ1n) is 8.78. The van der Waals surface area contributed by atoms with E-state index in [1.54, 1.807) is 37.1 Å². The molecule has 148 valence electrons. The highest BCUT2D eigenvalue weighted by atomic mass is 16.6. The lowest BCUT2D eigenvalue weighted by Gasteiger charge is -2.06. The van der Waals surface area contributed by atoms with Crippen molar-refractivity contribution in [2.75, 3.05) is 21.2 Å². The van der Waals surface area contributed by atoms with E-state index in [0.717, 1.165) is 5.69 Å². The minimum Gasteiger partial charge on any atom is -0.490 e. The van der Waals surface area contributed by atoms with Crippen molar-refractivity contribution >= 4 is 17.7 Å². The Bertz CT molecular complexity index is 1070. The Kier molecular flexibility index (Phi) is 5.73. The molecule has 8 nitrogen and oxygen atoms in total. The minimum absolute atomic E-state index is 0.154. The van der Waals surface area contributed by atoms with Crippen LogP contribution in [0.25, 0.3) is 23.0 Å². The van der Waals surface area contributed by atoms with Crippen LogP contribution in [0.4, 0.5) is 5.69 Å². The van der Waals surface area contributed by atoms with Crippen molar-refractivity contribution < 1.29 is 14.5 Å². The third-order valence-corrected chi connectivity index (χ3v) is 4.26. The van der Waals surface area contributed by atoms with Gasteiger partial charge in [-0.15, -0.1) is 0 Å². The van der Waals surface area contributed by atoms with E-state index >= 15 is 0 Å². The van der Waals surface area contributed by atoms with Crippen LogP contribution >= 0.6 is 0 Å². The van der Waals surface area contributed by atoms with E-state index in [1.165, 1.54) is 30.2 Å². The van der Waals surface area contributed by atoms with Gasteiger partial charge in [-0.3, -0.25) is 14.9 Å². The Labute approximate surface area is 167 Å². The summed E-state index contributed by atoms with van der Waals surface area (Å²) < 4.78 is 6.75. The summed E-state index contributed by atoms with van der Waals surface area (Å²) in [6.45, 7) is 0. The lowest BCUT2D eigenvalue weighted by atomic mass is 10.1. The third-order valence-electron chi connectivity index (χ3n) is 4.26. The van der Waals surface area contributed by atoms with Gasteiger partial charge in [-0.05, 0) is 30.3 Å². The number of amides is 1. The quantitative estimate of drug-likeness (QED) is 0.363. The van der Waals surface area contributed by atoms with Crippen molar-refractivity contribution in [3.05, 3.63) is 76.5 Å². The summed E-state index contributed by atoms with van der Waals surface area (Å²) in [6.07, 6.45) is 4.87. The molecule has 0 atom stereocenters. The Morgan fingerprint density at radius 1 is 1.21 bits per heavy atom. The molecule has 1 amide bonds. The summed E-state index contributed by atoms with van der Waals surface area (Å²) in [7, 11) is 4.70. The average Bonchev–Trinajstić information content (AvgIpc) is 3.16. The number of nitro groups is 1. The van der Waals surface area contributed by atoms with Crippen LogP contribution < -0.4 is 4.74 Å². The number of nitrogens with zero attached hydrogens (tertiary/aromatic N) is 4. The zero-order valence-corrected chi connectivity index (χ0v) is 16.3. The zero-order valence-electron chi connectivity index (χ0n) is 16.3. The van der Waals surface area contributed by atoms with Crippen molar-refractivity contribution in [3.63, 3.8) is 0 Å². The van der Waals surface area contributed by atoms with Crippen LogP contribution in [0.5, 0.6) is 5.75 Å². The van der Waals surface area contributed by atoms with E-state index < -0.39 is 4.92 Å². The summed E-state index contributed by atoms with van der Waals surface area (Å²) in [5, 5.41) is 16.0. The van der Waals surface area contributed by atoms with Gasteiger partial charge in [0, 0.05) is 43.6 Å². The lowest BCUT2D eigenvalue weighted by molar-refractivity contribution is -0.385. The maximum absolute atomic E-state index is 12.0. The number of hydrogen-bond donors (Lipinski definition) is 0. The molecule has 0 unspecified atom stereocenters. The van der Waals surface area contributed by atoms with Crippen LogP contribution in [0.3, 0.4) is 0 Å². The highest BCUT2D eigenvalue weighted by molar-refractivity contribution is 5.92. The highest BCUT2D eigenvalue weighted by Gasteiger charge is 2.19. The van der Waals surface area contributed by atoms with E-state index in [9.17, 15) is 14.9 Å². The Hall–Kier alpha value is -3.94. The second kappa shape index (κ2) is 8.39. The first kappa shape index (κ1) is 19.8. The predicted octanol–water partition coefficient (Wildman–Crippen LogP) is 3.56. The number of rotatable bonds is 6. The number of hydrogen-bond acceptors (Lipinski definition) is 5. The Balaban J connectivity index is 2.14. The molecule has 0 aliphatic heterocycles. The fraction of sp³-hybridized carbons (Fsp3) is 0.143. The molecule has 29 heavy (non-hydrogen) atoms. The minimum atomic E-state index is -0.498. The molecule has 0 saturated carbocycles. The largest absolute Gasteiger partial charge is 0.490 e. The zero-order chi connectivity index (χ0) is 21.0. The summed E-state index contributed by atoms with van der Waals surface area (Å²) in [5.41, 5.74) is 2.39. The van der Waals surface area contributed by atoms with Crippen LogP contribution in [0, 0.1) is 10.1 Å². The highest BCUT2D eigenvalue weighted by Crippen LogP contribution is 2.33. The molecule has 1 aromatic heterocycles. The number of carbonyl (C=O) groups excluding carboxylic acids is 1. The van der Waals surface area contributed by atoms with Crippen molar-refractivity contribution in [2.45, 2.75) is 0 Å². The van der Waals surface area contributed by atoms with Crippen molar-refractivity contribution in [2.24, 2.45) is 0 Å². The van der Waals surface area contributed by atoms with Gasteiger partial charge in [0.15, 0.2) is 5.75 Å². The molecule has 3 aromatic rings. The van der Waals surface area contributed by atoms with Gasteiger partial charge < -0.3 is 9.64 Å². The number of benzene rings is 2. The van der Waals surface area contributed by atoms with Gasteiger partial charge in [0.05, 0.1) is 17.7 Å². The first-order chi connectivity index (χ1) is 13.9. The van der Waals surface area contributed by atoms with Crippen LogP contribution in [-0.2, 0) is 4.79 Å². The molecule has 0 bridgehead atoms. The van der Waals surface area contributed by atoms with Gasteiger partial charge in [0.2, 0.25) is 5.91 Å². The molecular formula is C21H20N4O4. The second-order valence-corrected chi connectivity index (χ2v) is 6.42. The van der Waals surface area contributed by atoms with E-state index in [4.69, 9.17) is 4.74 Å². The SMILES string of the molecule is COc1ccc(-c2nn(-c3ccccc3)cc2C=CC(=O)N(C)C)cc1[N+](=O)[O-]. The summed E-state index contributed by atoms with van der Waals surface area (Å²) in [6, 6.07) is 14.1. The van der Waals surface area contributed by atoms with Crippen LogP contribution in [-0.4, -0.2) is 46.7 Å². The smallest absolute Gasteiger partial charge is 0.311 e. The topological polar surface area (TPSA) is 90.5 Å². The lowest BCUT2D eigenvalue weighted by Crippen LogP contribution is -2.18. The summed E-state index contributed by atoms with van der Waals surface area (Å²) in [5.74, 6) is -0.00903. The van der Waals surface area contributed by atoms with Crippen LogP contribution in [0.15, 0.2) is 60.8 Å². The molecule has 0 radical (unpaired) electrons. The van der Waals surface area contributed by atoms with Gasteiger partial charge in [-0.1, -0.05) is 18.2 Å². The molecule has 0 aliphatic carbocycles. The van der Waals surface area contributed by atoms with Crippen molar-refractivity contribution in [3.8, 4) is 22.7 Å². The molecule has 0 fully saturated rings. The number of methoxy groups -OCH3 is 1. The Morgan fingerprint density at radius 3 is 2.55 bits per heavy atom.